The molecular formula is C12H10N4O3S. The number of carboxylic acid groups (broad SMARTS) is 1. The van der Waals surface area contributed by atoms with Gasteiger partial charge in [0.2, 0.25) is 0 Å². The topological polar surface area (TPSA) is 94.0 Å². The molecule has 3 aromatic rings. The first-order valence-corrected chi connectivity index (χ1v) is 6.69. The molecule has 0 aliphatic heterocycles. The van der Waals surface area contributed by atoms with Gasteiger partial charge in [-0.25, -0.2) is 14.5 Å². The summed E-state index contributed by atoms with van der Waals surface area (Å²) in [5.74, 6) is -0.402. The van der Waals surface area contributed by atoms with Gasteiger partial charge in [0.1, 0.15) is 16.5 Å². The molecule has 102 valence electrons. The van der Waals surface area contributed by atoms with Crippen molar-refractivity contribution in [3.63, 3.8) is 0 Å². The highest BCUT2D eigenvalue weighted by Crippen LogP contribution is 2.21. The lowest BCUT2D eigenvalue weighted by Gasteiger charge is -2.09. The van der Waals surface area contributed by atoms with Gasteiger partial charge >= 0.3 is 5.97 Å². The first kappa shape index (κ1) is 12.5. The quantitative estimate of drug-likeness (QED) is 0.770. The van der Waals surface area contributed by atoms with E-state index in [0.29, 0.717) is 16.5 Å². The van der Waals surface area contributed by atoms with Crippen LogP contribution in [0, 0.1) is 0 Å². The highest BCUT2D eigenvalue weighted by Gasteiger charge is 2.23. The Morgan fingerprint density at radius 3 is 3.10 bits per heavy atom. The van der Waals surface area contributed by atoms with E-state index in [-0.39, 0.29) is 6.42 Å². The second-order valence-electron chi connectivity index (χ2n) is 4.06. The third-order valence-electron chi connectivity index (χ3n) is 2.74. The maximum absolute atomic E-state index is 11.4. The molecule has 1 unspecified atom stereocenters. The number of nitrogens with zero attached hydrogens (tertiary/aromatic N) is 4. The van der Waals surface area contributed by atoms with Crippen LogP contribution < -0.4 is 0 Å². The van der Waals surface area contributed by atoms with Crippen LogP contribution in [0.2, 0.25) is 0 Å². The van der Waals surface area contributed by atoms with E-state index >= 15 is 0 Å². The largest absolute Gasteiger partial charge is 0.480 e. The van der Waals surface area contributed by atoms with E-state index in [2.05, 4.69) is 15.3 Å². The predicted octanol–water partition coefficient (Wildman–Crippen LogP) is 1.86. The summed E-state index contributed by atoms with van der Waals surface area (Å²) in [5.41, 5.74) is 0.561. The minimum absolute atomic E-state index is 0.211. The van der Waals surface area contributed by atoms with Gasteiger partial charge in [-0.05, 0) is 12.1 Å². The minimum atomic E-state index is -0.989. The molecule has 0 aromatic carbocycles. The number of carboxylic acids is 1. The zero-order chi connectivity index (χ0) is 13.9. The van der Waals surface area contributed by atoms with Gasteiger partial charge in [0, 0.05) is 18.0 Å². The summed E-state index contributed by atoms with van der Waals surface area (Å²) in [4.78, 5) is 15.5. The molecule has 1 N–H and O–H groups in total. The van der Waals surface area contributed by atoms with Gasteiger partial charge < -0.3 is 9.52 Å². The zero-order valence-electron chi connectivity index (χ0n) is 10.2. The lowest BCUT2D eigenvalue weighted by Crippen LogP contribution is -2.21. The van der Waals surface area contributed by atoms with Gasteiger partial charge in [0.05, 0.1) is 12.5 Å². The van der Waals surface area contributed by atoms with Gasteiger partial charge in [0.25, 0.3) is 0 Å². The SMILES string of the molecule is O=C(O)C(Cc1ccco1)n1cc(-c2nccs2)nn1. The highest BCUT2D eigenvalue weighted by atomic mass is 32.1. The Labute approximate surface area is 117 Å². The fourth-order valence-electron chi connectivity index (χ4n) is 1.79. The van der Waals surface area contributed by atoms with Crippen LogP contribution in [-0.2, 0) is 11.2 Å². The number of aliphatic carboxylic acids is 1. The van der Waals surface area contributed by atoms with Gasteiger partial charge in [0.15, 0.2) is 6.04 Å². The molecule has 7 nitrogen and oxygen atoms in total. The maximum Gasteiger partial charge on any atom is 0.329 e. The number of aromatic nitrogens is 4. The molecule has 0 bridgehead atoms. The Bertz CT molecular complexity index is 690. The summed E-state index contributed by atoms with van der Waals surface area (Å²) in [6.45, 7) is 0. The number of hydrogen-bond acceptors (Lipinski definition) is 6. The fourth-order valence-corrected chi connectivity index (χ4v) is 2.38. The van der Waals surface area contributed by atoms with Crippen LogP contribution in [0.15, 0.2) is 40.6 Å². The predicted molar refractivity (Wildman–Crippen MR) is 70.2 cm³/mol. The van der Waals surface area contributed by atoms with Gasteiger partial charge in [-0.3, -0.25) is 0 Å². The van der Waals surface area contributed by atoms with Crippen molar-refractivity contribution in [2.75, 3.05) is 0 Å². The lowest BCUT2D eigenvalue weighted by atomic mass is 10.2. The van der Waals surface area contributed by atoms with Crippen molar-refractivity contribution in [3.05, 3.63) is 41.9 Å². The number of thiazole rings is 1. The van der Waals surface area contributed by atoms with E-state index in [4.69, 9.17) is 4.42 Å². The Hall–Kier alpha value is -2.48. The van der Waals surface area contributed by atoms with Crippen LogP contribution in [0.3, 0.4) is 0 Å². The summed E-state index contributed by atoms with van der Waals surface area (Å²) in [7, 11) is 0. The third-order valence-corrected chi connectivity index (χ3v) is 3.54. The molecule has 3 aromatic heterocycles. The molecule has 3 rings (SSSR count). The van der Waals surface area contributed by atoms with Gasteiger partial charge in [-0.15, -0.1) is 16.4 Å². The second-order valence-corrected chi connectivity index (χ2v) is 4.95. The molecule has 0 saturated carbocycles. The van der Waals surface area contributed by atoms with Crippen molar-refractivity contribution in [3.8, 4) is 10.7 Å². The smallest absolute Gasteiger partial charge is 0.329 e. The Kier molecular flexibility index (Phi) is 3.30. The average Bonchev–Trinajstić information content (AvgIpc) is 3.16. The highest BCUT2D eigenvalue weighted by molar-refractivity contribution is 7.13. The van der Waals surface area contributed by atoms with E-state index in [1.54, 1.807) is 24.5 Å². The van der Waals surface area contributed by atoms with Crippen molar-refractivity contribution in [2.45, 2.75) is 12.5 Å². The van der Waals surface area contributed by atoms with Crippen molar-refractivity contribution in [1.29, 1.82) is 0 Å². The normalized spacial score (nSPS) is 12.4. The third kappa shape index (κ3) is 2.45. The van der Waals surface area contributed by atoms with Crippen LogP contribution in [0.25, 0.3) is 10.7 Å². The molecule has 8 heteroatoms. The van der Waals surface area contributed by atoms with Crippen LogP contribution >= 0.6 is 11.3 Å². The standard InChI is InChI=1S/C12H10N4O3S/c17-12(18)10(6-8-2-1-4-19-8)16-7-9(14-15-16)11-13-3-5-20-11/h1-5,7,10H,6H2,(H,17,18). The molecule has 0 radical (unpaired) electrons. The van der Waals surface area contributed by atoms with Crippen LogP contribution in [0.4, 0.5) is 0 Å². The van der Waals surface area contributed by atoms with E-state index in [0.717, 1.165) is 0 Å². The lowest BCUT2D eigenvalue weighted by molar-refractivity contribution is -0.141. The van der Waals surface area contributed by atoms with Crippen molar-refractivity contribution >= 4 is 17.3 Å². The fraction of sp³-hybridized carbons (Fsp3) is 0.167. The van der Waals surface area contributed by atoms with E-state index < -0.39 is 12.0 Å². The number of hydrogen-bond donors (Lipinski definition) is 1. The van der Waals surface area contributed by atoms with Crippen molar-refractivity contribution in [2.24, 2.45) is 0 Å². The van der Waals surface area contributed by atoms with Gasteiger partial charge in [-0.1, -0.05) is 5.21 Å². The summed E-state index contributed by atoms with van der Waals surface area (Å²) in [6.07, 6.45) is 4.97. The monoisotopic (exact) mass is 290 g/mol. The average molecular weight is 290 g/mol. The Balaban J connectivity index is 1.86. The van der Waals surface area contributed by atoms with E-state index in [1.165, 1.54) is 22.3 Å². The molecule has 0 aliphatic carbocycles. The first-order chi connectivity index (χ1) is 9.74. The molecule has 0 fully saturated rings. The molecule has 3 heterocycles. The van der Waals surface area contributed by atoms with Crippen LogP contribution in [-0.4, -0.2) is 31.1 Å². The zero-order valence-corrected chi connectivity index (χ0v) is 11.0. The maximum atomic E-state index is 11.4. The summed E-state index contributed by atoms with van der Waals surface area (Å²) in [6, 6.07) is 2.59. The number of rotatable bonds is 5. The molecule has 0 saturated heterocycles. The molecule has 0 spiro atoms. The van der Waals surface area contributed by atoms with Crippen molar-refractivity contribution < 1.29 is 14.3 Å². The van der Waals surface area contributed by atoms with Crippen LogP contribution in [0.5, 0.6) is 0 Å². The summed E-state index contributed by atoms with van der Waals surface area (Å²) < 4.78 is 6.50. The van der Waals surface area contributed by atoms with E-state index in [1.807, 2.05) is 5.38 Å². The molecular weight excluding hydrogens is 280 g/mol. The minimum Gasteiger partial charge on any atom is -0.480 e. The summed E-state index contributed by atoms with van der Waals surface area (Å²) in [5, 5.41) is 19.7. The number of furan rings is 1. The van der Waals surface area contributed by atoms with Crippen molar-refractivity contribution in [1.82, 2.24) is 20.0 Å². The number of carbonyl (C=O) groups is 1. The Morgan fingerprint density at radius 1 is 1.55 bits per heavy atom. The molecule has 0 aliphatic rings. The van der Waals surface area contributed by atoms with Crippen LogP contribution in [0.1, 0.15) is 11.8 Å². The Morgan fingerprint density at radius 2 is 2.45 bits per heavy atom. The van der Waals surface area contributed by atoms with E-state index in [9.17, 15) is 9.90 Å². The summed E-state index contributed by atoms with van der Waals surface area (Å²) >= 11 is 1.42. The van der Waals surface area contributed by atoms with Gasteiger partial charge in [-0.2, -0.15) is 0 Å². The molecule has 20 heavy (non-hydrogen) atoms. The first-order valence-electron chi connectivity index (χ1n) is 5.81. The molecule has 0 amide bonds. The second kappa shape index (κ2) is 5.25. The molecule has 1 atom stereocenters.